The van der Waals surface area contributed by atoms with Crippen LogP contribution in [0.5, 0.6) is 0 Å². The molecule has 0 N–H and O–H groups in total. The van der Waals surface area contributed by atoms with Crippen LogP contribution in [0.2, 0.25) is 10.0 Å². The molecule has 2 aromatic rings. The minimum Gasteiger partial charge on any atom is -0.322 e. The summed E-state index contributed by atoms with van der Waals surface area (Å²) in [6, 6.07) is 8.84. The summed E-state index contributed by atoms with van der Waals surface area (Å²) in [5.74, 6) is 0.840. The number of aromatic nitrogens is 1. The molecule has 1 aromatic heterocycles. The molecule has 0 unspecified atom stereocenters. The molecule has 3 rings (SSSR count). The van der Waals surface area contributed by atoms with Crippen LogP contribution in [0.15, 0.2) is 42.7 Å². The van der Waals surface area contributed by atoms with Gasteiger partial charge in [-0.05, 0) is 35.9 Å². The van der Waals surface area contributed by atoms with E-state index in [0.29, 0.717) is 22.2 Å². The zero-order valence-corrected chi connectivity index (χ0v) is 13.3. The van der Waals surface area contributed by atoms with E-state index < -0.39 is 0 Å². The second-order valence-electron chi connectivity index (χ2n) is 4.63. The number of halogens is 2. The lowest BCUT2D eigenvalue weighted by Gasteiger charge is -2.24. The van der Waals surface area contributed by atoms with Crippen LogP contribution < -0.4 is 0 Å². The molecule has 108 valence electrons. The summed E-state index contributed by atoms with van der Waals surface area (Å²) >= 11 is 13.8. The van der Waals surface area contributed by atoms with E-state index in [9.17, 15) is 4.79 Å². The maximum absolute atomic E-state index is 12.7. The Labute approximate surface area is 137 Å². The third-order valence-electron chi connectivity index (χ3n) is 3.30. The summed E-state index contributed by atoms with van der Waals surface area (Å²) in [5, 5.41) is 0.920. The Morgan fingerprint density at radius 3 is 2.71 bits per heavy atom. The normalized spacial score (nSPS) is 18.0. The van der Waals surface area contributed by atoms with Gasteiger partial charge in [0.15, 0.2) is 0 Å². The zero-order valence-electron chi connectivity index (χ0n) is 11.0. The molecule has 3 nitrogen and oxygen atoms in total. The lowest BCUT2D eigenvalue weighted by molar-refractivity contribution is 0.0760. The van der Waals surface area contributed by atoms with E-state index in [0.717, 1.165) is 11.3 Å². The van der Waals surface area contributed by atoms with Crippen molar-refractivity contribution in [2.24, 2.45) is 0 Å². The van der Waals surface area contributed by atoms with Gasteiger partial charge in [-0.2, -0.15) is 0 Å². The van der Waals surface area contributed by atoms with Crippen molar-refractivity contribution in [1.29, 1.82) is 0 Å². The molecule has 1 aromatic carbocycles. The molecule has 1 saturated heterocycles. The summed E-state index contributed by atoms with van der Waals surface area (Å²) in [6.07, 6.45) is 3.48. The molecule has 1 aliphatic heterocycles. The van der Waals surface area contributed by atoms with Crippen LogP contribution in [0.1, 0.15) is 21.3 Å². The summed E-state index contributed by atoms with van der Waals surface area (Å²) in [7, 11) is 0. The van der Waals surface area contributed by atoms with Gasteiger partial charge in [-0.15, -0.1) is 11.8 Å². The van der Waals surface area contributed by atoms with Crippen LogP contribution in [-0.4, -0.2) is 28.1 Å². The Hall–Kier alpha value is -1.23. The summed E-state index contributed by atoms with van der Waals surface area (Å²) in [5.41, 5.74) is 1.56. The molecular weight excluding hydrogens is 327 g/mol. The van der Waals surface area contributed by atoms with Crippen molar-refractivity contribution in [3.05, 3.63) is 63.9 Å². The van der Waals surface area contributed by atoms with Gasteiger partial charge in [-0.1, -0.05) is 23.2 Å². The van der Waals surface area contributed by atoms with Gasteiger partial charge < -0.3 is 4.90 Å². The zero-order chi connectivity index (χ0) is 14.8. The molecule has 0 aliphatic carbocycles. The first-order valence-electron chi connectivity index (χ1n) is 6.44. The third-order valence-corrected chi connectivity index (χ3v) is 5.11. The van der Waals surface area contributed by atoms with Gasteiger partial charge in [-0.25, -0.2) is 0 Å². The first-order valence-corrected chi connectivity index (χ1v) is 8.25. The summed E-state index contributed by atoms with van der Waals surface area (Å²) < 4.78 is 0. The monoisotopic (exact) mass is 338 g/mol. The van der Waals surface area contributed by atoms with Gasteiger partial charge in [0.25, 0.3) is 5.91 Å². The van der Waals surface area contributed by atoms with Crippen molar-refractivity contribution in [1.82, 2.24) is 9.88 Å². The molecular formula is C15H12Cl2N2OS. The molecule has 0 saturated carbocycles. The van der Waals surface area contributed by atoms with Crippen LogP contribution >= 0.6 is 35.0 Å². The van der Waals surface area contributed by atoms with Crippen molar-refractivity contribution in [3.63, 3.8) is 0 Å². The second kappa shape index (κ2) is 6.26. The molecule has 0 bridgehead atoms. The van der Waals surface area contributed by atoms with Crippen molar-refractivity contribution in [2.45, 2.75) is 5.37 Å². The molecule has 1 atom stereocenters. The molecule has 2 heterocycles. The topological polar surface area (TPSA) is 33.2 Å². The lowest BCUT2D eigenvalue weighted by Crippen LogP contribution is -2.30. The van der Waals surface area contributed by atoms with Crippen LogP contribution in [-0.2, 0) is 0 Å². The Bertz CT molecular complexity index is 666. The number of thioether (sulfide) groups is 1. The third kappa shape index (κ3) is 3.03. The highest BCUT2D eigenvalue weighted by Gasteiger charge is 2.32. The van der Waals surface area contributed by atoms with E-state index in [-0.39, 0.29) is 11.3 Å². The minimum absolute atomic E-state index is 0.00671. The molecule has 1 fully saturated rings. The molecule has 6 heteroatoms. The Balaban J connectivity index is 1.90. The molecule has 1 aliphatic rings. The number of hydrogen-bond acceptors (Lipinski definition) is 3. The van der Waals surface area contributed by atoms with E-state index in [1.54, 1.807) is 42.4 Å². The number of nitrogens with zero attached hydrogens (tertiary/aromatic N) is 2. The molecule has 0 radical (unpaired) electrons. The minimum atomic E-state index is -0.0662. The van der Waals surface area contributed by atoms with Gasteiger partial charge in [0.1, 0.15) is 5.37 Å². The fourth-order valence-electron chi connectivity index (χ4n) is 2.30. The quantitative estimate of drug-likeness (QED) is 0.819. The Morgan fingerprint density at radius 1 is 1.24 bits per heavy atom. The van der Waals surface area contributed by atoms with Gasteiger partial charge in [0.05, 0.1) is 10.6 Å². The standard InChI is InChI=1S/C15H12Cl2N2OS/c16-11-1-2-12(13(17)9-11)14(20)19-7-8-21-15(19)10-3-5-18-6-4-10/h1-6,9,15H,7-8H2/t15-/m1/s1. The molecule has 1 amide bonds. The maximum atomic E-state index is 12.7. The van der Waals surface area contributed by atoms with Crippen molar-refractivity contribution in [3.8, 4) is 0 Å². The van der Waals surface area contributed by atoms with E-state index >= 15 is 0 Å². The SMILES string of the molecule is O=C(c1ccc(Cl)cc1Cl)N1CCS[C@@H]1c1ccncc1. The van der Waals surface area contributed by atoms with E-state index in [1.807, 2.05) is 17.0 Å². The highest BCUT2D eigenvalue weighted by molar-refractivity contribution is 7.99. The average Bonchev–Trinajstić information content (AvgIpc) is 2.97. The van der Waals surface area contributed by atoms with Crippen LogP contribution in [0.4, 0.5) is 0 Å². The Kier molecular flexibility index (Phi) is 4.38. The van der Waals surface area contributed by atoms with Crippen molar-refractivity contribution >= 4 is 40.9 Å². The number of hydrogen-bond donors (Lipinski definition) is 0. The van der Waals surface area contributed by atoms with E-state index in [4.69, 9.17) is 23.2 Å². The summed E-state index contributed by atoms with van der Waals surface area (Å²) in [6.45, 7) is 0.704. The van der Waals surface area contributed by atoms with Gasteiger partial charge in [0, 0.05) is 29.7 Å². The van der Waals surface area contributed by atoms with E-state index in [2.05, 4.69) is 4.98 Å². The fraction of sp³-hybridized carbons (Fsp3) is 0.200. The maximum Gasteiger partial charge on any atom is 0.256 e. The number of pyridine rings is 1. The van der Waals surface area contributed by atoms with Crippen LogP contribution in [0.25, 0.3) is 0 Å². The number of rotatable bonds is 2. The number of carbonyl (C=O) groups excluding carboxylic acids is 1. The first kappa shape index (κ1) is 14.7. The van der Waals surface area contributed by atoms with Crippen LogP contribution in [0, 0.1) is 0 Å². The highest BCUT2D eigenvalue weighted by Crippen LogP contribution is 2.39. The van der Waals surface area contributed by atoms with Gasteiger partial charge >= 0.3 is 0 Å². The molecule has 21 heavy (non-hydrogen) atoms. The first-order chi connectivity index (χ1) is 10.2. The smallest absolute Gasteiger partial charge is 0.256 e. The molecule has 0 spiro atoms. The number of carbonyl (C=O) groups is 1. The van der Waals surface area contributed by atoms with Gasteiger partial charge in [-0.3, -0.25) is 9.78 Å². The van der Waals surface area contributed by atoms with Crippen molar-refractivity contribution < 1.29 is 4.79 Å². The predicted molar refractivity (Wildman–Crippen MR) is 86.9 cm³/mol. The fourth-order valence-corrected chi connectivity index (χ4v) is 4.05. The lowest BCUT2D eigenvalue weighted by atomic mass is 10.1. The highest BCUT2D eigenvalue weighted by atomic mass is 35.5. The van der Waals surface area contributed by atoms with Gasteiger partial charge in [0.2, 0.25) is 0 Å². The largest absolute Gasteiger partial charge is 0.322 e. The Morgan fingerprint density at radius 2 is 2.00 bits per heavy atom. The number of benzene rings is 1. The second-order valence-corrected chi connectivity index (χ2v) is 6.66. The van der Waals surface area contributed by atoms with Crippen molar-refractivity contribution in [2.75, 3.05) is 12.3 Å². The number of amides is 1. The van der Waals surface area contributed by atoms with Crippen LogP contribution in [0.3, 0.4) is 0 Å². The summed E-state index contributed by atoms with van der Waals surface area (Å²) in [4.78, 5) is 18.6. The predicted octanol–water partition coefficient (Wildman–Crippen LogP) is 4.28. The van der Waals surface area contributed by atoms with E-state index in [1.165, 1.54) is 0 Å². The average molecular weight is 339 g/mol.